The molecule has 0 unspecified atom stereocenters. The Kier molecular flexibility index (Phi) is 5.38. The maximum atomic E-state index is 4.27. The molecule has 0 radical (unpaired) electrons. The molecule has 1 N–H and O–H groups in total. The summed E-state index contributed by atoms with van der Waals surface area (Å²) in [5, 5.41) is 4.27. The fourth-order valence-electron chi connectivity index (χ4n) is 2.17. The first-order chi connectivity index (χ1) is 10.2. The Morgan fingerprint density at radius 2 is 1.57 bits per heavy atom. The van der Waals surface area contributed by atoms with Gasteiger partial charge in [-0.1, -0.05) is 29.8 Å². The summed E-state index contributed by atoms with van der Waals surface area (Å²) in [4.78, 5) is 2.32. The van der Waals surface area contributed by atoms with Gasteiger partial charge in [-0.05, 0) is 50.6 Å². The van der Waals surface area contributed by atoms with E-state index in [9.17, 15) is 0 Å². The van der Waals surface area contributed by atoms with E-state index >= 15 is 0 Å². The lowest BCUT2D eigenvalue weighted by molar-refractivity contribution is 0.866. The molecule has 0 bridgehead atoms. The van der Waals surface area contributed by atoms with E-state index in [-0.39, 0.29) is 0 Å². The maximum absolute atomic E-state index is 4.27. The molecule has 2 rings (SSSR count). The monoisotopic (exact) mass is 281 g/mol. The highest BCUT2D eigenvalue weighted by atomic mass is 15.3. The molecule has 21 heavy (non-hydrogen) atoms. The first-order valence-corrected chi connectivity index (χ1v) is 7.43. The highest BCUT2D eigenvalue weighted by Crippen LogP contribution is 2.17. The Morgan fingerprint density at radius 3 is 2.14 bits per heavy atom. The number of nitrogens with zero attached hydrogens (tertiary/aromatic N) is 2. The van der Waals surface area contributed by atoms with Gasteiger partial charge in [0.1, 0.15) is 0 Å². The SMILES string of the molecule is CCN(CC)c1ccc(NN=Cc2ccc(C)cc2)cc1. The molecule has 2 aromatic carbocycles. The summed E-state index contributed by atoms with van der Waals surface area (Å²) in [5.41, 5.74) is 7.65. The molecule has 0 amide bonds. The van der Waals surface area contributed by atoms with E-state index in [0.717, 1.165) is 24.3 Å². The lowest BCUT2D eigenvalue weighted by Gasteiger charge is -2.20. The molecule has 3 heteroatoms. The zero-order valence-corrected chi connectivity index (χ0v) is 13.0. The molecular formula is C18H23N3. The van der Waals surface area contributed by atoms with Crippen LogP contribution in [-0.2, 0) is 0 Å². The molecule has 2 aromatic rings. The Labute approximate surface area is 127 Å². The highest BCUT2D eigenvalue weighted by molar-refractivity contribution is 5.80. The smallest absolute Gasteiger partial charge is 0.0563 e. The van der Waals surface area contributed by atoms with Crippen molar-refractivity contribution in [2.24, 2.45) is 5.10 Å². The number of anilines is 2. The van der Waals surface area contributed by atoms with Crippen molar-refractivity contribution >= 4 is 17.6 Å². The van der Waals surface area contributed by atoms with Gasteiger partial charge in [-0.3, -0.25) is 5.43 Å². The number of hydrogen-bond donors (Lipinski definition) is 1. The largest absolute Gasteiger partial charge is 0.372 e. The van der Waals surface area contributed by atoms with Crippen molar-refractivity contribution in [3.8, 4) is 0 Å². The molecule has 0 aliphatic rings. The summed E-state index contributed by atoms with van der Waals surface area (Å²) >= 11 is 0. The van der Waals surface area contributed by atoms with E-state index < -0.39 is 0 Å². The van der Waals surface area contributed by atoms with Crippen LogP contribution >= 0.6 is 0 Å². The Hall–Kier alpha value is -2.29. The van der Waals surface area contributed by atoms with E-state index in [2.05, 4.69) is 84.7 Å². The standard InChI is InChI=1S/C18H23N3/c1-4-21(5-2)18-12-10-17(11-13-18)20-19-14-16-8-6-15(3)7-9-16/h6-14,20H,4-5H2,1-3H3. The molecule has 0 fully saturated rings. The van der Waals surface area contributed by atoms with Crippen LogP contribution in [0.3, 0.4) is 0 Å². The highest BCUT2D eigenvalue weighted by Gasteiger charge is 2.00. The predicted molar refractivity (Wildman–Crippen MR) is 92.4 cm³/mol. The molecule has 3 nitrogen and oxygen atoms in total. The molecule has 110 valence electrons. The second-order valence-electron chi connectivity index (χ2n) is 5.00. The van der Waals surface area contributed by atoms with Crippen molar-refractivity contribution in [2.75, 3.05) is 23.4 Å². The molecular weight excluding hydrogens is 258 g/mol. The number of rotatable bonds is 6. The van der Waals surface area contributed by atoms with Crippen molar-refractivity contribution < 1.29 is 0 Å². The zero-order valence-electron chi connectivity index (χ0n) is 13.0. The Bertz CT molecular complexity index is 566. The second-order valence-corrected chi connectivity index (χ2v) is 5.00. The third kappa shape index (κ3) is 4.35. The van der Waals surface area contributed by atoms with Crippen LogP contribution in [0.25, 0.3) is 0 Å². The number of hydrogen-bond acceptors (Lipinski definition) is 3. The van der Waals surface area contributed by atoms with E-state index in [1.54, 1.807) is 0 Å². The van der Waals surface area contributed by atoms with Crippen LogP contribution in [0, 0.1) is 6.92 Å². The van der Waals surface area contributed by atoms with Crippen LogP contribution < -0.4 is 10.3 Å². The van der Waals surface area contributed by atoms with E-state index in [1.165, 1.54) is 11.3 Å². The van der Waals surface area contributed by atoms with Crippen LogP contribution in [0.1, 0.15) is 25.0 Å². The van der Waals surface area contributed by atoms with Crippen molar-refractivity contribution in [2.45, 2.75) is 20.8 Å². The molecule has 0 aliphatic heterocycles. The van der Waals surface area contributed by atoms with Crippen molar-refractivity contribution in [3.05, 3.63) is 59.7 Å². The number of nitrogens with one attached hydrogen (secondary N) is 1. The van der Waals surface area contributed by atoms with Gasteiger partial charge in [0.15, 0.2) is 0 Å². The average molecular weight is 281 g/mol. The minimum absolute atomic E-state index is 0.995. The van der Waals surface area contributed by atoms with Gasteiger partial charge in [-0.15, -0.1) is 0 Å². The minimum Gasteiger partial charge on any atom is -0.372 e. The molecule has 0 aliphatic carbocycles. The van der Waals surface area contributed by atoms with E-state index in [1.807, 2.05) is 6.21 Å². The molecule has 0 atom stereocenters. The predicted octanol–water partition coefficient (Wildman–Crippen LogP) is 4.29. The normalized spacial score (nSPS) is 10.8. The summed E-state index contributed by atoms with van der Waals surface area (Å²) in [6, 6.07) is 16.6. The summed E-state index contributed by atoms with van der Waals surface area (Å²) in [6.07, 6.45) is 1.83. The number of aryl methyl sites for hydroxylation is 1. The fourth-order valence-corrected chi connectivity index (χ4v) is 2.17. The second kappa shape index (κ2) is 7.48. The first kappa shape index (κ1) is 15.1. The molecule has 0 heterocycles. The summed E-state index contributed by atoms with van der Waals surface area (Å²) in [5.74, 6) is 0. The molecule has 0 spiro atoms. The van der Waals surface area contributed by atoms with Gasteiger partial charge >= 0.3 is 0 Å². The van der Waals surface area contributed by atoms with Gasteiger partial charge in [0.05, 0.1) is 11.9 Å². The van der Waals surface area contributed by atoms with Crippen LogP contribution in [0.4, 0.5) is 11.4 Å². The van der Waals surface area contributed by atoms with Gasteiger partial charge in [-0.25, -0.2) is 0 Å². The summed E-state index contributed by atoms with van der Waals surface area (Å²) < 4.78 is 0. The summed E-state index contributed by atoms with van der Waals surface area (Å²) in [7, 11) is 0. The van der Waals surface area contributed by atoms with Gasteiger partial charge in [-0.2, -0.15) is 5.10 Å². The lowest BCUT2D eigenvalue weighted by Crippen LogP contribution is -2.21. The van der Waals surface area contributed by atoms with Crippen molar-refractivity contribution in [3.63, 3.8) is 0 Å². The lowest BCUT2D eigenvalue weighted by atomic mass is 10.2. The van der Waals surface area contributed by atoms with Crippen molar-refractivity contribution in [1.82, 2.24) is 0 Å². The topological polar surface area (TPSA) is 27.6 Å². The number of hydrazone groups is 1. The molecule has 0 saturated heterocycles. The Balaban J connectivity index is 1.95. The van der Waals surface area contributed by atoms with Crippen LogP contribution in [0.15, 0.2) is 53.6 Å². The minimum atomic E-state index is 0.995. The summed E-state index contributed by atoms with van der Waals surface area (Å²) in [6.45, 7) is 8.46. The number of benzene rings is 2. The van der Waals surface area contributed by atoms with Gasteiger partial charge in [0.2, 0.25) is 0 Å². The Morgan fingerprint density at radius 1 is 0.952 bits per heavy atom. The van der Waals surface area contributed by atoms with E-state index in [0.29, 0.717) is 0 Å². The van der Waals surface area contributed by atoms with Crippen LogP contribution in [-0.4, -0.2) is 19.3 Å². The zero-order chi connectivity index (χ0) is 15.1. The van der Waals surface area contributed by atoms with E-state index in [4.69, 9.17) is 0 Å². The molecule has 0 aromatic heterocycles. The third-order valence-electron chi connectivity index (χ3n) is 3.48. The fraction of sp³-hybridized carbons (Fsp3) is 0.278. The van der Waals surface area contributed by atoms with Crippen LogP contribution in [0.2, 0.25) is 0 Å². The van der Waals surface area contributed by atoms with Gasteiger partial charge in [0.25, 0.3) is 0 Å². The first-order valence-electron chi connectivity index (χ1n) is 7.43. The quantitative estimate of drug-likeness (QED) is 0.632. The van der Waals surface area contributed by atoms with Crippen LogP contribution in [0.5, 0.6) is 0 Å². The van der Waals surface area contributed by atoms with Gasteiger partial charge < -0.3 is 4.90 Å². The van der Waals surface area contributed by atoms with Crippen molar-refractivity contribution in [1.29, 1.82) is 0 Å². The third-order valence-corrected chi connectivity index (χ3v) is 3.48. The van der Waals surface area contributed by atoms with Gasteiger partial charge in [0, 0.05) is 18.8 Å². The maximum Gasteiger partial charge on any atom is 0.0563 e. The molecule has 0 saturated carbocycles. The average Bonchev–Trinajstić information content (AvgIpc) is 2.52.